The van der Waals surface area contributed by atoms with Gasteiger partial charge in [0.2, 0.25) is 21.8 Å². The number of carbonyl (C=O) groups excluding carboxylic acids is 1. The van der Waals surface area contributed by atoms with Gasteiger partial charge in [0, 0.05) is 22.4 Å². The molecular weight excluding hydrogens is 464 g/mol. The van der Waals surface area contributed by atoms with E-state index in [1.54, 1.807) is 56.3 Å². The van der Waals surface area contributed by atoms with E-state index in [0.29, 0.717) is 46.3 Å². The van der Waals surface area contributed by atoms with Crippen molar-refractivity contribution in [2.45, 2.75) is 27.2 Å². The lowest BCUT2D eigenvalue weighted by molar-refractivity contribution is 0.102. The van der Waals surface area contributed by atoms with E-state index < -0.39 is 10.0 Å². The zero-order valence-electron chi connectivity index (χ0n) is 19.7. The summed E-state index contributed by atoms with van der Waals surface area (Å²) in [6.45, 7) is 5.56. The number of nitrogens with one attached hydrogen (secondary N) is 2. The fourth-order valence-electron chi connectivity index (χ4n) is 3.48. The molecule has 0 aliphatic carbocycles. The summed E-state index contributed by atoms with van der Waals surface area (Å²) in [5, 5.41) is 11.1. The van der Waals surface area contributed by atoms with E-state index in [1.165, 1.54) is 0 Å². The molecule has 1 amide bonds. The highest BCUT2D eigenvalue weighted by atomic mass is 32.2. The number of aryl methyl sites for hydroxylation is 1. The molecule has 1 heterocycles. The lowest BCUT2D eigenvalue weighted by atomic mass is 10.1. The van der Waals surface area contributed by atoms with Crippen molar-refractivity contribution in [2.75, 3.05) is 15.8 Å². The number of benzene rings is 3. The van der Waals surface area contributed by atoms with Gasteiger partial charge >= 0.3 is 0 Å². The van der Waals surface area contributed by atoms with E-state index in [-0.39, 0.29) is 11.7 Å². The molecule has 0 radical (unpaired) electrons. The lowest BCUT2D eigenvalue weighted by Gasteiger charge is -2.14. The molecule has 3 aromatic carbocycles. The molecule has 0 fully saturated rings. The molecule has 0 unspecified atom stereocenters. The van der Waals surface area contributed by atoms with Gasteiger partial charge in [0.15, 0.2) is 0 Å². The minimum Gasteiger partial charge on any atom is -0.416 e. The maximum Gasteiger partial charge on any atom is 0.255 e. The quantitative estimate of drug-likeness (QED) is 0.341. The van der Waals surface area contributed by atoms with Crippen LogP contribution >= 0.6 is 0 Å². The second-order valence-electron chi connectivity index (χ2n) is 8.21. The number of sulfonamides is 1. The third kappa shape index (κ3) is 5.75. The molecular formula is C26H26N4O4S. The molecule has 4 aromatic rings. The largest absolute Gasteiger partial charge is 0.416 e. The minimum atomic E-state index is -3.44. The van der Waals surface area contributed by atoms with E-state index in [0.717, 1.165) is 11.1 Å². The summed E-state index contributed by atoms with van der Waals surface area (Å²) in [6, 6.07) is 19.7. The van der Waals surface area contributed by atoms with E-state index in [2.05, 4.69) is 20.2 Å². The number of carbonyl (C=O) groups is 1. The van der Waals surface area contributed by atoms with Gasteiger partial charge in [-0.3, -0.25) is 9.52 Å². The number of hydrogen-bond acceptors (Lipinski definition) is 6. The Morgan fingerprint density at radius 1 is 0.857 bits per heavy atom. The topological polar surface area (TPSA) is 114 Å². The van der Waals surface area contributed by atoms with Crippen molar-refractivity contribution in [3.05, 3.63) is 83.4 Å². The Hall–Kier alpha value is -3.98. The van der Waals surface area contributed by atoms with Crippen molar-refractivity contribution in [3.8, 4) is 22.9 Å². The summed E-state index contributed by atoms with van der Waals surface area (Å²) >= 11 is 0. The van der Waals surface area contributed by atoms with Crippen molar-refractivity contribution >= 4 is 27.3 Å². The van der Waals surface area contributed by atoms with Gasteiger partial charge in [0.05, 0.1) is 11.4 Å². The third-order valence-electron chi connectivity index (χ3n) is 5.44. The predicted octanol–water partition coefficient (Wildman–Crippen LogP) is 5.42. The molecule has 2 N–H and O–H groups in total. The van der Waals surface area contributed by atoms with Gasteiger partial charge in [0.1, 0.15) is 0 Å². The van der Waals surface area contributed by atoms with Crippen LogP contribution in [0.15, 0.2) is 71.1 Å². The van der Waals surface area contributed by atoms with Gasteiger partial charge < -0.3 is 9.73 Å². The second-order valence-corrected chi connectivity index (χ2v) is 10.1. The van der Waals surface area contributed by atoms with Crippen LogP contribution in [0.5, 0.6) is 0 Å². The summed E-state index contributed by atoms with van der Waals surface area (Å²) in [6.07, 6.45) is 0.512. The SMILES string of the molecule is CCCS(=O)(=O)Nc1cccc(NC(=O)c2ccc(-c3nnc(-c4ccc(C)cc4)o3)cc2)c1C. The number of amides is 1. The van der Waals surface area contributed by atoms with Crippen LogP contribution in [0, 0.1) is 13.8 Å². The first kappa shape index (κ1) is 24.2. The normalized spacial score (nSPS) is 11.3. The van der Waals surface area contributed by atoms with Gasteiger partial charge in [0.25, 0.3) is 5.91 Å². The molecule has 0 atom stereocenters. The van der Waals surface area contributed by atoms with Crippen molar-refractivity contribution in [2.24, 2.45) is 0 Å². The Kier molecular flexibility index (Phi) is 6.97. The zero-order chi connectivity index (χ0) is 25.0. The highest BCUT2D eigenvalue weighted by Crippen LogP contribution is 2.27. The molecule has 1 aromatic heterocycles. The molecule has 9 heteroatoms. The number of anilines is 2. The van der Waals surface area contributed by atoms with Gasteiger partial charge in [-0.05, 0) is 74.4 Å². The van der Waals surface area contributed by atoms with Gasteiger partial charge in [-0.2, -0.15) is 0 Å². The van der Waals surface area contributed by atoms with Crippen LogP contribution < -0.4 is 10.0 Å². The van der Waals surface area contributed by atoms with Crippen LogP contribution in [0.4, 0.5) is 11.4 Å². The monoisotopic (exact) mass is 490 g/mol. The first-order valence-electron chi connectivity index (χ1n) is 11.2. The molecule has 0 bridgehead atoms. The van der Waals surface area contributed by atoms with Gasteiger partial charge in [-0.15, -0.1) is 10.2 Å². The third-order valence-corrected chi connectivity index (χ3v) is 6.91. The predicted molar refractivity (Wildman–Crippen MR) is 137 cm³/mol. The second kappa shape index (κ2) is 10.1. The molecule has 0 aliphatic rings. The maximum absolute atomic E-state index is 12.8. The summed E-state index contributed by atoms with van der Waals surface area (Å²) in [5.41, 5.74) is 4.69. The molecule has 0 aliphatic heterocycles. The van der Waals surface area contributed by atoms with Crippen molar-refractivity contribution in [3.63, 3.8) is 0 Å². The van der Waals surface area contributed by atoms with Crippen LogP contribution in [-0.2, 0) is 10.0 Å². The standard InChI is InChI=1S/C26H26N4O4S/c1-4-16-35(32,33)30-23-7-5-6-22(18(23)3)27-24(31)19-12-14-21(15-13-19)26-29-28-25(34-26)20-10-8-17(2)9-11-20/h5-15,30H,4,16H2,1-3H3,(H,27,31). The zero-order valence-corrected chi connectivity index (χ0v) is 20.5. The minimum absolute atomic E-state index is 0.0297. The highest BCUT2D eigenvalue weighted by Gasteiger charge is 2.15. The van der Waals surface area contributed by atoms with E-state index in [9.17, 15) is 13.2 Å². The van der Waals surface area contributed by atoms with Crippen molar-refractivity contribution in [1.29, 1.82) is 0 Å². The van der Waals surface area contributed by atoms with Gasteiger partial charge in [-0.1, -0.05) is 30.7 Å². The first-order chi connectivity index (χ1) is 16.8. The number of aromatic nitrogens is 2. The van der Waals surface area contributed by atoms with Gasteiger partial charge in [-0.25, -0.2) is 8.42 Å². The molecule has 8 nitrogen and oxygen atoms in total. The summed E-state index contributed by atoms with van der Waals surface area (Å²) in [7, 11) is -3.44. The smallest absolute Gasteiger partial charge is 0.255 e. The molecule has 0 spiro atoms. The fraction of sp³-hybridized carbons (Fsp3) is 0.192. The lowest BCUT2D eigenvalue weighted by Crippen LogP contribution is -2.18. The Morgan fingerprint density at radius 2 is 1.43 bits per heavy atom. The summed E-state index contributed by atoms with van der Waals surface area (Å²) in [5.74, 6) is 0.489. The van der Waals surface area contributed by atoms with E-state index in [1.807, 2.05) is 31.2 Å². The van der Waals surface area contributed by atoms with E-state index >= 15 is 0 Å². The van der Waals surface area contributed by atoms with Crippen LogP contribution in [0.3, 0.4) is 0 Å². The molecule has 4 rings (SSSR count). The molecule has 180 valence electrons. The van der Waals surface area contributed by atoms with E-state index in [4.69, 9.17) is 4.42 Å². The fourth-order valence-corrected chi connectivity index (χ4v) is 4.68. The molecule has 35 heavy (non-hydrogen) atoms. The van der Waals surface area contributed by atoms with Crippen LogP contribution in [0.1, 0.15) is 34.8 Å². The number of rotatable bonds is 8. The Labute approximate surface area is 204 Å². The molecule has 0 saturated heterocycles. The number of hydrogen-bond donors (Lipinski definition) is 2. The Morgan fingerprint density at radius 3 is 2.03 bits per heavy atom. The Bertz CT molecular complexity index is 1440. The number of nitrogens with zero attached hydrogens (tertiary/aromatic N) is 2. The van der Waals surface area contributed by atoms with Crippen molar-refractivity contribution < 1.29 is 17.6 Å². The van der Waals surface area contributed by atoms with Crippen LogP contribution in [0.2, 0.25) is 0 Å². The van der Waals surface area contributed by atoms with Crippen molar-refractivity contribution in [1.82, 2.24) is 10.2 Å². The summed E-state index contributed by atoms with van der Waals surface area (Å²) < 4.78 is 32.7. The maximum atomic E-state index is 12.8. The highest BCUT2D eigenvalue weighted by molar-refractivity contribution is 7.92. The van der Waals surface area contributed by atoms with Crippen LogP contribution in [-0.4, -0.2) is 30.3 Å². The summed E-state index contributed by atoms with van der Waals surface area (Å²) in [4.78, 5) is 12.8. The average molecular weight is 491 g/mol. The first-order valence-corrected chi connectivity index (χ1v) is 12.8. The van der Waals surface area contributed by atoms with Crippen LogP contribution in [0.25, 0.3) is 22.9 Å². The Balaban J connectivity index is 1.47. The average Bonchev–Trinajstić information content (AvgIpc) is 3.32. The molecule has 0 saturated carbocycles.